The van der Waals surface area contributed by atoms with Gasteiger partial charge >= 0.3 is 12.3 Å². The molecule has 2 unspecified atom stereocenters. The van der Waals surface area contributed by atoms with E-state index in [9.17, 15) is 9.59 Å². The van der Waals surface area contributed by atoms with Gasteiger partial charge in [0.15, 0.2) is 0 Å². The van der Waals surface area contributed by atoms with Crippen LogP contribution in [0.5, 0.6) is 11.5 Å². The zero-order chi connectivity index (χ0) is 38.2. The molecule has 0 aliphatic heterocycles. The van der Waals surface area contributed by atoms with Crippen molar-refractivity contribution in [3.63, 3.8) is 0 Å². The van der Waals surface area contributed by atoms with E-state index in [0.717, 1.165) is 117 Å². The summed E-state index contributed by atoms with van der Waals surface area (Å²) in [6.07, 6.45) is 6.95. The number of hydrogen-bond donors (Lipinski definition) is 0. The van der Waals surface area contributed by atoms with Gasteiger partial charge in [0.05, 0.1) is 13.2 Å². The van der Waals surface area contributed by atoms with Crippen molar-refractivity contribution < 1.29 is 28.5 Å². The van der Waals surface area contributed by atoms with Crippen LogP contribution in [0.2, 0.25) is 0 Å². The summed E-state index contributed by atoms with van der Waals surface area (Å²) in [5, 5.41) is 7.01. The van der Waals surface area contributed by atoms with E-state index in [-0.39, 0.29) is 0 Å². The lowest BCUT2D eigenvalue weighted by Gasteiger charge is -2.22. The van der Waals surface area contributed by atoms with Gasteiger partial charge in [0.2, 0.25) is 0 Å². The van der Waals surface area contributed by atoms with Crippen molar-refractivity contribution in [2.24, 2.45) is 11.8 Å². The van der Waals surface area contributed by atoms with E-state index in [1.165, 1.54) is 0 Å². The Kier molecular flexibility index (Phi) is 12.7. The van der Waals surface area contributed by atoms with E-state index in [4.69, 9.17) is 18.9 Å². The Morgan fingerprint density at radius 1 is 0.500 bits per heavy atom. The molecule has 0 heterocycles. The maximum absolute atomic E-state index is 13.4. The molecule has 6 nitrogen and oxygen atoms in total. The quantitative estimate of drug-likeness (QED) is 0.0596. The standard InChI is InChI=1S/C48H54O6/c1-7-11-17-33(9-3)29-51-47(49)53-45-37-21-15-13-19-35(37)43(41-27-31(5)23-25-39(41)45)44-36-20-14-16-22-38(36)46(40-26-24-32(6)28-42(40)44)54-48(50)52-30-34(10-4)18-12-8-2/h13-16,19-28,33-34H,7-12,17-18,29-30H2,1-6H3. The van der Waals surface area contributed by atoms with Crippen molar-refractivity contribution in [1.29, 1.82) is 0 Å². The van der Waals surface area contributed by atoms with E-state index in [1.54, 1.807) is 0 Å². The summed E-state index contributed by atoms with van der Waals surface area (Å²) in [7, 11) is 0. The molecule has 54 heavy (non-hydrogen) atoms. The minimum Gasteiger partial charge on any atom is -0.434 e. The summed E-state index contributed by atoms with van der Waals surface area (Å²) in [6.45, 7) is 13.4. The number of carbonyl (C=O) groups is 2. The molecule has 6 rings (SSSR count). The molecule has 0 fully saturated rings. The summed E-state index contributed by atoms with van der Waals surface area (Å²) in [5.41, 5.74) is 4.17. The smallest absolute Gasteiger partial charge is 0.434 e. The summed E-state index contributed by atoms with van der Waals surface area (Å²) < 4.78 is 23.8. The van der Waals surface area contributed by atoms with Gasteiger partial charge < -0.3 is 18.9 Å². The van der Waals surface area contributed by atoms with Gasteiger partial charge in [-0.2, -0.15) is 0 Å². The Labute approximate surface area is 319 Å². The highest BCUT2D eigenvalue weighted by molar-refractivity contribution is 6.27. The number of benzene rings is 6. The van der Waals surface area contributed by atoms with Crippen molar-refractivity contribution >= 4 is 55.4 Å². The predicted octanol–water partition coefficient (Wildman–Crippen LogP) is 14.0. The fourth-order valence-corrected chi connectivity index (χ4v) is 7.66. The third-order valence-corrected chi connectivity index (χ3v) is 10.8. The molecule has 0 saturated heterocycles. The normalized spacial score (nSPS) is 12.6. The molecule has 0 N–H and O–H groups in total. The number of aryl methyl sites for hydroxylation is 2. The van der Waals surface area contributed by atoms with Gasteiger partial charge in [-0.25, -0.2) is 9.59 Å². The average molecular weight is 727 g/mol. The summed E-state index contributed by atoms with van der Waals surface area (Å²) >= 11 is 0. The van der Waals surface area contributed by atoms with Gasteiger partial charge in [-0.1, -0.05) is 162 Å². The van der Waals surface area contributed by atoms with Crippen molar-refractivity contribution in [3.8, 4) is 22.6 Å². The van der Waals surface area contributed by atoms with Crippen LogP contribution >= 0.6 is 0 Å². The van der Waals surface area contributed by atoms with Gasteiger partial charge in [-0.15, -0.1) is 0 Å². The number of ether oxygens (including phenoxy) is 4. The second-order valence-corrected chi connectivity index (χ2v) is 14.8. The lowest BCUT2D eigenvalue weighted by molar-refractivity contribution is 0.0811. The zero-order valence-electron chi connectivity index (χ0n) is 32.8. The molecule has 0 aliphatic rings. The monoisotopic (exact) mass is 726 g/mol. The molecule has 6 heteroatoms. The van der Waals surface area contributed by atoms with Crippen LogP contribution in [0.3, 0.4) is 0 Å². The van der Waals surface area contributed by atoms with Crippen LogP contribution in [0.15, 0.2) is 84.9 Å². The lowest BCUT2D eigenvalue weighted by atomic mass is 9.84. The maximum atomic E-state index is 13.4. The van der Waals surface area contributed by atoms with Gasteiger partial charge in [0.25, 0.3) is 0 Å². The van der Waals surface area contributed by atoms with Crippen LogP contribution in [0.25, 0.3) is 54.2 Å². The highest BCUT2D eigenvalue weighted by Gasteiger charge is 2.25. The van der Waals surface area contributed by atoms with E-state index in [0.29, 0.717) is 36.5 Å². The number of fused-ring (bicyclic) bond motifs is 4. The van der Waals surface area contributed by atoms with E-state index in [2.05, 4.69) is 65.8 Å². The van der Waals surface area contributed by atoms with E-state index >= 15 is 0 Å². The van der Waals surface area contributed by atoms with Crippen molar-refractivity contribution in [2.45, 2.75) is 92.9 Å². The first-order valence-electron chi connectivity index (χ1n) is 19.9. The second-order valence-electron chi connectivity index (χ2n) is 14.8. The Bertz CT molecular complexity index is 2110. The molecule has 282 valence electrons. The lowest BCUT2D eigenvalue weighted by Crippen LogP contribution is -2.17. The molecule has 0 amide bonds. The molecule has 0 spiro atoms. The highest BCUT2D eigenvalue weighted by Crippen LogP contribution is 2.50. The van der Waals surface area contributed by atoms with Gasteiger partial charge in [0, 0.05) is 21.5 Å². The fourth-order valence-electron chi connectivity index (χ4n) is 7.66. The molecular formula is C48H54O6. The molecule has 0 radical (unpaired) electrons. The first-order valence-corrected chi connectivity index (χ1v) is 19.9. The van der Waals surface area contributed by atoms with Crippen LogP contribution in [0.1, 0.15) is 90.2 Å². The minimum absolute atomic E-state index is 0.300. The zero-order valence-corrected chi connectivity index (χ0v) is 32.8. The first kappa shape index (κ1) is 38.6. The Morgan fingerprint density at radius 2 is 0.870 bits per heavy atom. The van der Waals surface area contributed by atoms with Crippen molar-refractivity contribution in [2.75, 3.05) is 13.2 Å². The Balaban J connectivity index is 1.52. The molecular weight excluding hydrogens is 673 g/mol. The molecule has 2 atom stereocenters. The third kappa shape index (κ3) is 8.33. The van der Waals surface area contributed by atoms with Crippen LogP contribution in [0.4, 0.5) is 9.59 Å². The molecule has 0 aliphatic carbocycles. The van der Waals surface area contributed by atoms with Gasteiger partial charge in [-0.3, -0.25) is 0 Å². The Morgan fingerprint density at radius 3 is 1.24 bits per heavy atom. The molecule has 0 bridgehead atoms. The van der Waals surface area contributed by atoms with E-state index < -0.39 is 12.3 Å². The van der Waals surface area contributed by atoms with Crippen LogP contribution in [0, 0.1) is 25.7 Å². The summed E-state index contributed by atoms with van der Waals surface area (Å²) in [6, 6.07) is 28.6. The van der Waals surface area contributed by atoms with Crippen LogP contribution in [-0.2, 0) is 9.47 Å². The number of unbranched alkanes of at least 4 members (excludes halogenated alkanes) is 2. The first-order chi connectivity index (χ1) is 26.3. The molecule has 0 aromatic heterocycles. The van der Waals surface area contributed by atoms with Gasteiger partial charge in [-0.05, 0) is 71.2 Å². The predicted molar refractivity (Wildman–Crippen MR) is 222 cm³/mol. The highest BCUT2D eigenvalue weighted by atomic mass is 16.7. The fraction of sp³-hybridized carbons (Fsp3) is 0.375. The van der Waals surface area contributed by atoms with E-state index in [1.807, 2.05) is 60.7 Å². The average Bonchev–Trinajstić information content (AvgIpc) is 3.18. The molecule has 6 aromatic carbocycles. The number of carbonyl (C=O) groups excluding carboxylic acids is 2. The minimum atomic E-state index is -0.694. The molecule has 6 aromatic rings. The largest absolute Gasteiger partial charge is 0.513 e. The van der Waals surface area contributed by atoms with Crippen molar-refractivity contribution in [3.05, 3.63) is 96.1 Å². The maximum Gasteiger partial charge on any atom is 0.513 e. The number of rotatable bonds is 15. The second kappa shape index (κ2) is 17.8. The number of hydrogen-bond acceptors (Lipinski definition) is 6. The van der Waals surface area contributed by atoms with Crippen LogP contribution in [-0.4, -0.2) is 25.5 Å². The Hall–Kier alpha value is -5.10. The van der Waals surface area contributed by atoms with Crippen LogP contribution < -0.4 is 9.47 Å². The topological polar surface area (TPSA) is 71.1 Å². The summed E-state index contributed by atoms with van der Waals surface area (Å²) in [4.78, 5) is 26.8. The summed E-state index contributed by atoms with van der Waals surface area (Å²) in [5.74, 6) is 1.56. The van der Waals surface area contributed by atoms with Crippen molar-refractivity contribution in [1.82, 2.24) is 0 Å². The third-order valence-electron chi connectivity index (χ3n) is 10.8. The molecule has 0 saturated carbocycles. The van der Waals surface area contributed by atoms with Gasteiger partial charge in [0.1, 0.15) is 11.5 Å². The SMILES string of the molecule is CCCCC(CC)COC(=O)Oc1c2ccccc2c(-c2c3ccccc3c(OC(=O)OCC(CC)CCCC)c3ccc(C)cc23)c2cc(C)ccc12.